The second-order valence-corrected chi connectivity index (χ2v) is 5.06. The van der Waals surface area contributed by atoms with Gasteiger partial charge in [0.15, 0.2) is 0 Å². The van der Waals surface area contributed by atoms with Crippen LogP contribution in [0.5, 0.6) is 0 Å². The predicted molar refractivity (Wildman–Crippen MR) is 76.8 cm³/mol. The molecule has 0 spiro atoms. The molecule has 5 nitrogen and oxygen atoms in total. The van der Waals surface area contributed by atoms with Gasteiger partial charge in [0.2, 0.25) is 0 Å². The maximum absolute atomic E-state index is 12.0. The molecule has 1 saturated heterocycles. The van der Waals surface area contributed by atoms with E-state index in [1.807, 2.05) is 0 Å². The second-order valence-electron chi connectivity index (χ2n) is 5.06. The summed E-state index contributed by atoms with van der Waals surface area (Å²) in [6.07, 6.45) is 4.69. The molecule has 1 aromatic heterocycles. The number of carbonyl (C=O) groups is 1. The highest BCUT2D eigenvalue weighted by atomic mass is 16.5. The molecule has 5 heteroatoms. The summed E-state index contributed by atoms with van der Waals surface area (Å²) < 4.78 is 5.09. The maximum atomic E-state index is 12.0. The van der Waals surface area contributed by atoms with Gasteiger partial charge in [0.25, 0.3) is 0 Å². The molecule has 1 atom stereocenters. The lowest BCUT2D eigenvalue weighted by Crippen LogP contribution is -2.37. The third-order valence-corrected chi connectivity index (χ3v) is 3.64. The Morgan fingerprint density at radius 3 is 3.20 bits per heavy atom. The Morgan fingerprint density at radius 1 is 1.60 bits per heavy atom. The van der Waals surface area contributed by atoms with Crippen LogP contribution in [0.15, 0.2) is 18.3 Å². The van der Waals surface area contributed by atoms with Crippen LogP contribution in [0.3, 0.4) is 0 Å². The van der Waals surface area contributed by atoms with E-state index in [4.69, 9.17) is 9.84 Å². The van der Waals surface area contributed by atoms with Crippen LogP contribution >= 0.6 is 0 Å². The molecule has 0 saturated carbocycles. The zero-order valence-corrected chi connectivity index (χ0v) is 11.9. The van der Waals surface area contributed by atoms with Crippen LogP contribution in [-0.4, -0.2) is 42.4 Å². The summed E-state index contributed by atoms with van der Waals surface area (Å²) >= 11 is 0. The number of ether oxygens (including phenoxy) is 1. The standard InChI is InChI=1S/C15H22N2O3/c1-2-20-15(19)13-6-3-8-16-14(13)17-9-4-5-12(11-17)7-10-18/h3,6,8,12,18H,2,4-5,7,9-11H2,1H3. The van der Waals surface area contributed by atoms with E-state index in [9.17, 15) is 4.79 Å². The molecule has 0 aromatic carbocycles. The van der Waals surface area contributed by atoms with Gasteiger partial charge in [-0.15, -0.1) is 0 Å². The quantitative estimate of drug-likeness (QED) is 0.833. The minimum absolute atomic E-state index is 0.214. The first-order chi connectivity index (χ1) is 9.76. The third kappa shape index (κ3) is 3.48. The molecule has 1 N–H and O–H groups in total. The lowest BCUT2D eigenvalue weighted by atomic mass is 9.95. The number of anilines is 1. The normalized spacial score (nSPS) is 18.9. The number of aromatic nitrogens is 1. The molecule has 1 fully saturated rings. The van der Waals surface area contributed by atoms with Gasteiger partial charge in [-0.3, -0.25) is 0 Å². The Balaban J connectivity index is 2.17. The predicted octanol–water partition coefficient (Wildman–Crippen LogP) is 1.86. The van der Waals surface area contributed by atoms with Crippen molar-refractivity contribution >= 4 is 11.8 Å². The number of aliphatic hydroxyl groups excluding tert-OH is 1. The topological polar surface area (TPSA) is 62.7 Å². The van der Waals surface area contributed by atoms with E-state index in [1.54, 1.807) is 25.3 Å². The monoisotopic (exact) mass is 278 g/mol. The number of pyridine rings is 1. The number of hydrogen-bond acceptors (Lipinski definition) is 5. The van der Waals surface area contributed by atoms with Gasteiger partial charge < -0.3 is 14.7 Å². The molecule has 1 aromatic rings. The highest BCUT2D eigenvalue weighted by Crippen LogP contribution is 2.26. The number of hydrogen-bond donors (Lipinski definition) is 1. The van der Waals surface area contributed by atoms with E-state index in [1.165, 1.54) is 0 Å². The molecule has 1 aliphatic heterocycles. The average Bonchev–Trinajstić information content (AvgIpc) is 2.48. The molecule has 0 amide bonds. The summed E-state index contributed by atoms with van der Waals surface area (Å²) in [7, 11) is 0. The molecule has 1 unspecified atom stereocenters. The van der Waals surface area contributed by atoms with Crippen molar-refractivity contribution in [1.82, 2.24) is 4.98 Å². The van der Waals surface area contributed by atoms with Gasteiger partial charge in [-0.05, 0) is 44.2 Å². The summed E-state index contributed by atoms with van der Waals surface area (Å²) in [6, 6.07) is 3.51. The molecule has 2 rings (SSSR count). The molecule has 110 valence electrons. The second kappa shape index (κ2) is 7.24. The Morgan fingerprint density at radius 2 is 2.45 bits per heavy atom. The summed E-state index contributed by atoms with van der Waals surface area (Å²) in [4.78, 5) is 18.5. The minimum atomic E-state index is -0.320. The van der Waals surface area contributed by atoms with Gasteiger partial charge in [-0.1, -0.05) is 0 Å². The van der Waals surface area contributed by atoms with Gasteiger partial charge in [0.05, 0.1) is 6.61 Å². The summed E-state index contributed by atoms with van der Waals surface area (Å²) in [6.45, 7) is 4.10. The van der Waals surface area contributed by atoms with Gasteiger partial charge in [0, 0.05) is 25.9 Å². The molecular weight excluding hydrogens is 256 g/mol. The zero-order valence-electron chi connectivity index (χ0n) is 11.9. The van der Waals surface area contributed by atoms with Gasteiger partial charge in [-0.25, -0.2) is 9.78 Å². The number of nitrogens with zero attached hydrogens (tertiary/aromatic N) is 2. The number of rotatable bonds is 5. The Bertz CT molecular complexity index is 448. The van der Waals surface area contributed by atoms with Crippen LogP contribution < -0.4 is 4.90 Å². The fourth-order valence-corrected chi connectivity index (χ4v) is 2.69. The van der Waals surface area contributed by atoms with E-state index < -0.39 is 0 Å². The van der Waals surface area contributed by atoms with E-state index in [0.29, 0.717) is 23.9 Å². The molecular formula is C15H22N2O3. The van der Waals surface area contributed by atoms with Crippen molar-refractivity contribution < 1.29 is 14.6 Å². The van der Waals surface area contributed by atoms with Gasteiger partial charge >= 0.3 is 5.97 Å². The van der Waals surface area contributed by atoms with Crippen molar-refractivity contribution in [3.63, 3.8) is 0 Å². The molecule has 0 aliphatic carbocycles. The molecule has 1 aliphatic rings. The molecule has 2 heterocycles. The fraction of sp³-hybridized carbons (Fsp3) is 0.600. The highest BCUT2D eigenvalue weighted by Gasteiger charge is 2.24. The van der Waals surface area contributed by atoms with E-state index in [2.05, 4.69) is 9.88 Å². The lowest BCUT2D eigenvalue weighted by Gasteiger charge is -2.34. The summed E-state index contributed by atoms with van der Waals surface area (Å²) in [5.41, 5.74) is 0.527. The smallest absolute Gasteiger partial charge is 0.341 e. The first-order valence-electron chi connectivity index (χ1n) is 7.24. The first kappa shape index (κ1) is 14.8. The van der Waals surface area contributed by atoms with Gasteiger partial charge in [0.1, 0.15) is 11.4 Å². The van der Waals surface area contributed by atoms with Crippen molar-refractivity contribution in [2.24, 2.45) is 5.92 Å². The average molecular weight is 278 g/mol. The van der Waals surface area contributed by atoms with Crippen molar-refractivity contribution in [2.45, 2.75) is 26.2 Å². The van der Waals surface area contributed by atoms with Crippen molar-refractivity contribution in [2.75, 3.05) is 31.2 Å². The first-order valence-corrected chi connectivity index (χ1v) is 7.24. The van der Waals surface area contributed by atoms with Crippen molar-refractivity contribution in [3.05, 3.63) is 23.9 Å². The van der Waals surface area contributed by atoms with Crippen molar-refractivity contribution in [1.29, 1.82) is 0 Å². The Hall–Kier alpha value is -1.62. The van der Waals surface area contributed by atoms with Gasteiger partial charge in [-0.2, -0.15) is 0 Å². The minimum Gasteiger partial charge on any atom is -0.462 e. The van der Waals surface area contributed by atoms with Crippen LogP contribution in [0.1, 0.15) is 36.5 Å². The molecule has 0 bridgehead atoms. The Labute approximate surface area is 119 Å². The number of aliphatic hydroxyl groups is 1. The lowest BCUT2D eigenvalue weighted by molar-refractivity contribution is 0.0526. The summed E-state index contributed by atoms with van der Waals surface area (Å²) in [5.74, 6) is 0.847. The van der Waals surface area contributed by atoms with E-state index in [-0.39, 0.29) is 12.6 Å². The zero-order chi connectivity index (χ0) is 14.4. The van der Waals surface area contributed by atoms with Crippen molar-refractivity contribution in [3.8, 4) is 0 Å². The number of carbonyl (C=O) groups excluding carboxylic acids is 1. The number of piperidine rings is 1. The van der Waals surface area contributed by atoms with E-state index in [0.717, 1.165) is 32.4 Å². The van der Waals surface area contributed by atoms with Crippen LogP contribution in [0.2, 0.25) is 0 Å². The SMILES string of the molecule is CCOC(=O)c1cccnc1N1CCCC(CCO)C1. The van der Waals surface area contributed by atoms with Crippen LogP contribution in [0.4, 0.5) is 5.82 Å². The summed E-state index contributed by atoms with van der Waals surface area (Å²) in [5, 5.41) is 9.08. The van der Waals surface area contributed by atoms with Crippen LogP contribution in [0, 0.1) is 5.92 Å². The maximum Gasteiger partial charge on any atom is 0.341 e. The largest absolute Gasteiger partial charge is 0.462 e. The van der Waals surface area contributed by atoms with Crippen LogP contribution in [0.25, 0.3) is 0 Å². The fourth-order valence-electron chi connectivity index (χ4n) is 2.69. The number of esters is 1. The third-order valence-electron chi connectivity index (χ3n) is 3.64. The van der Waals surface area contributed by atoms with Crippen LogP contribution in [-0.2, 0) is 4.74 Å². The highest BCUT2D eigenvalue weighted by molar-refractivity contribution is 5.94. The molecule has 0 radical (unpaired) electrons. The molecule has 20 heavy (non-hydrogen) atoms. The van der Waals surface area contributed by atoms with E-state index >= 15 is 0 Å². The Kier molecular flexibility index (Phi) is 5.35.